The third kappa shape index (κ3) is 2.38. The number of anilines is 1. The van der Waals surface area contributed by atoms with Crippen LogP contribution in [-0.2, 0) is 13.5 Å². The van der Waals surface area contributed by atoms with Crippen LogP contribution in [0.5, 0.6) is 5.75 Å². The number of ether oxygens (including phenoxy) is 1. The summed E-state index contributed by atoms with van der Waals surface area (Å²) in [4.78, 5) is 0. The van der Waals surface area contributed by atoms with Crippen LogP contribution in [0.4, 0.5) is 5.69 Å². The van der Waals surface area contributed by atoms with Gasteiger partial charge in [0.05, 0.1) is 24.5 Å². The van der Waals surface area contributed by atoms with Crippen LogP contribution in [0.3, 0.4) is 0 Å². The zero-order chi connectivity index (χ0) is 14.1. The highest BCUT2D eigenvalue weighted by Crippen LogP contribution is 2.34. The maximum atomic E-state index is 5.32. The zero-order valence-corrected chi connectivity index (χ0v) is 12.3. The van der Waals surface area contributed by atoms with Gasteiger partial charge in [0.25, 0.3) is 0 Å². The lowest BCUT2D eigenvalue weighted by Crippen LogP contribution is -2.17. The van der Waals surface area contributed by atoms with Gasteiger partial charge in [-0.15, -0.1) is 0 Å². The second-order valence-electron chi connectivity index (χ2n) is 5.46. The molecule has 1 atom stereocenters. The van der Waals surface area contributed by atoms with Gasteiger partial charge >= 0.3 is 0 Å². The van der Waals surface area contributed by atoms with Gasteiger partial charge in [-0.25, -0.2) is 0 Å². The maximum Gasteiger partial charge on any atom is 0.119 e. The molecule has 0 aliphatic heterocycles. The van der Waals surface area contributed by atoms with Gasteiger partial charge in [0.1, 0.15) is 5.75 Å². The summed E-state index contributed by atoms with van der Waals surface area (Å²) in [6.07, 6.45) is 5.55. The molecule has 0 amide bonds. The van der Waals surface area contributed by atoms with Crippen molar-refractivity contribution < 1.29 is 4.74 Å². The summed E-state index contributed by atoms with van der Waals surface area (Å²) in [7, 11) is 3.68. The van der Waals surface area contributed by atoms with Crippen molar-refractivity contribution in [3.63, 3.8) is 0 Å². The number of hydrogen-bond acceptors (Lipinski definition) is 3. The number of hydrogen-bond donors (Lipinski definition) is 1. The van der Waals surface area contributed by atoms with E-state index < -0.39 is 0 Å². The van der Waals surface area contributed by atoms with Gasteiger partial charge in [0, 0.05) is 13.2 Å². The van der Waals surface area contributed by atoms with Crippen LogP contribution in [0.25, 0.3) is 0 Å². The molecule has 1 aliphatic carbocycles. The molecule has 0 saturated heterocycles. The molecular formula is C16H21N3O. The molecule has 2 aromatic rings. The van der Waals surface area contributed by atoms with E-state index in [1.807, 2.05) is 24.9 Å². The summed E-state index contributed by atoms with van der Waals surface area (Å²) in [6, 6.07) is 6.78. The highest BCUT2D eigenvalue weighted by molar-refractivity contribution is 5.50. The van der Waals surface area contributed by atoms with Gasteiger partial charge in [-0.3, -0.25) is 4.68 Å². The highest BCUT2D eigenvalue weighted by atomic mass is 16.5. The molecule has 1 aromatic carbocycles. The van der Waals surface area contributed by atoms with Crippen molar-refractivity contribution in [2.24, 2.45) is 7.05 Å². The van der Waals surface area contributed by atoms with Gasteiger partial charge in [0.15, 0.2) is 0 Å². The van der Waals surface area contributed by atoms with E-state index in [2.05, 4.69) is 28.6 Å². The summed E-state index contributed by atoms with van der Waals surface area (Å²) in [5.41, 5.74) is 4.96. The van der Waals surface area contributed by atoms with Crippen molar-refractivity contribution in [3.8, 4) is 5.75 Å². The first-order valence-corrected chi connectivity index (χ1v) is 7.11. The lowest BCUT2D eigenvalue weighted by atomic mass is 9.87. The van der Waals surface area contributed by atoms with Crippen molar-refractivity contribution in [2.45, 2.75) is 32.2 Å². The molecular weight excluding hydrogens is 250 g/mol. The van der Waals surface area contributed by atoms with E-state index >= 15 is 0 Å². The predicted molar refractivity (Wildman–Crippen MR) is 80.2 cm³/mol. The van der Waals surface area contributed by atoms with E-state index in [4.69, 9.17) is 4.74 Å². The van der Waals surface area contributed by atoms with Crippen LogP contribution in [0.15, 0.2) is 24.4 Å². The van der Waals surface area contributed by atoms with Crippen molar-refractivity contribution in [2.75, 3.05) is 12.4 Å². The summed E-state index contributed by atoms with van der Waals surface area (Å²) in [6.45, 7) is 2.04. The molecule has 1 unspecified atom stereocenters. The number of nitrogens with one attached hydrogen (secondary N) is 1. The Balaban J connectivity index is 1.88. The molecule has 1 heterocycles. The maximum absolute atomic E-state index is 5.32. The van der Waals surface area contributed by atoms with Crippen LogP contribution in [0, 0.1) is 6.92 Å². The van der Waals surface area contributed by atoms with E-state index in [0.29, 0.717) is 6.04 Å². The monoisotopic (exact) mass is 271 g/mol. The number of rotatable bonds is 3. The number of nitrogens with zero attached hydrogens (tertiary/aromatic N) is 2. The fourth-order valence-electron chi connectivity index (χ4n) is 3.00. The largest absolute Gasteiger partial charge is 0.497 e. The Morgan fingerprint density at radius 1 is 1.40 bits per heavy atom. The van der Waals surface area contributed by atoms with Crippen molar-refractivity contribution >= 4 is 5.69 Å². The summed E-state index contributed by atoms with van der Waals surface area (Å²) in [5.74, 6) is 0.946. The van der Waals surface area contributed by atoms with E-state index in [0.717, 1.165) is 30.0 Å². The minimum atomic E-state index is 0.368. The highest BCUT2D eigenvalue weighted by Gasteiger charge is 2.21. The van der Waals surface area contributed by atoms with E-state index in [1.54, 1.807) is 7.11 Å². The van der Waals surface area contributed by atoms with E-state index in [9.17, 15) is 0 Å². The van der Waals surface area contributed by atoms with Crippen molar-refractivity contribution in [1.29, 1.82) is 0 Å². The van der Waals surface area contributed by atoms with Crippen LogP contribution in [0.2, 0.25) is 0 Å². The van der Waals surface area contributed by atoms with Gasteiger partial charge in [-0.05, 0) is 49.4 Å². The Labute approximate surface area is 119 Å². The fourth-order valence-corrected chi connectivity index (χ4v) is 3.00. The summed E-state index contributed by atoms with van der Waals surface area (Å²) in [5, 5.41) is 8.03. The third-order valence-electron chi connectivity index (χ3n) is 4.01. The molecule has 3 rings (SSSR count). The average Bonchev–Trinajstić information content (AvgIpc) is 2.76. The first-order valence-electron chi connectivity index (χ1n) is 7.11. The first kappa shape index (κ1) is 13.0. The number of benzene rings is 1. The predicted octanol–water partition coefficient (Wildman–Crippen LogP) is 3.23. The smallest absolute Gasteiger partial charge is 0.119 e. The van der Waals surface area contributed by atoms with Gasteiger partial charge in [-0.1, -0.05) is 6.07 Å². The van der Waals surface area contributed by atoms with Crippen LogP contribution in [0.1, 0.15) is 35.7 Å². The lowest BCUT2D eigenvalue weighted by Gasteiger charge is -2.27. The SMILES string of the molecule is COc1ccc2c(c1)CCCC2Nc1cn(C)nc1C. The Hall–Kier alpha value is -1.97. The summed E-state index contributed by atoms with van der Waals surface area (Å²) < 4.78 is 7.18. The lowest BCUT2D eigenvalue weighted by molar-refractivity contribution is 0.413. The normalized spacial score (nSPS) is 17.6. The molecule has 1 N–H and O–H groups in total. The molecule has 0 spiro atoms. The second-order valence-corrected chi connectivity index (χ2v) is 5.46. The molecule has 0 bridgehead atoms. The summed E-state index contributed by atoms with van der Waals surface area (Å²) >= 11 is 0. The van der Waals surface area contributed by atoms with Gasteiger partial charge in [0.2, 0.25) is 0 Å². The average molecular weight is 271 g/mol. The number of fused-ring (bicyclic) bond motifs is 1. The van der Waals surface area contributed by atoms with Crippen LogP contribution in [-0.4, -0.2) is 16.9 Å². The van der Waals surface area contributed by atoms with E-state index in [-0.39, 0.29) is 0 Å². The minimum absolute atomic E-state index is 0.368. The Bertz CT molecular complexity index is 618. The standard InChI is InChI=1S/C16H21N3O/c1-11-16(10-19(2)18-11)17-15-6-4-5-12-9-13(20-3)7-8-14(12)15/h7-10,15,17H,4-6H2,1-3H3. The van der Waals surface area contributed by atoms with Crippen LogP contribution < -0.4 is 10.1 Å². The number of methoxy groups -OCH3 is 1. The molecule has 0 radical (unpaired) electrons. The molecule has 0 fully saturated rings. The van der Waals surface area contributed by atoms with Crippen molar-refractivity contribution in [3.05, 3.63) is 41.2 Å². The topological polar surface area (TPSA) is 39.1 Å². The first-order chi connectivity index (χ1) is 9.67. The van der Waals surface area contributed by atoms with Crippen molar-refractivity contribution in [1.82, 2.24) is 9.78 Å². The molecule has 20 heavy (non-hydrogen) atoms. The fraction of sp³-hybridized carbons (Fsp3) is 0.438. The second kappa shape index (κ2) is 5.19. The Morgan fingerprint density at radius 3 is 2.95 bits per heavy atom. The van der Waals surface area contributed by atoms with Gasteiger partial charge in [-0.2, -0.15) is 5.10 Å². The number of aryl methyl sites for hydroxylation is 3. The molecule has 1 aliphatic rings. The van der Waals surface area contributed by atoms with E-state index in [1.165, 1.54) is 17.5 Å². The molecule has 106 valence electrons. The minimum Gasteiger partial charge on any atom is -0.497 e. The van der Waals surface area contributed by atoms with Crippen LogP contribution >= 0.6 is 0 Å². The number of aromatic nitrogens is 2. The molecule has 0 saturated carbocycles. The Morgan fingerprint density at radius 2 is 2.25 bits per heavy atom. The molecule has 1 aromatic heterocycles. The Kier molecular flexibility index (Phi) is 3.38. The quantitative estimate of drug-likeness (QED) is 0.931. The molecule has 4 nitrogen and oxygen atoms in total. The molecule has 4 heteroatoms. The zero-order valence-electron chi connectivity index (χ0n) is 12.3. The third-order valence-corrected chi connectivity index (χ3v) is 4.01. The van der Waals surface area contributed by atoms with Gasteiger partial charge < -0.3 is 10.1 Å².